The van der Waals surface area contributed by atoms with Crippen LogP contribution >= 0.6 is 15.9 Å². The van der Waals surface area contributed by atoms with Crippen molar-refractivity contribution in [3.8, 4) is 17.1 Å². The molecule has 0 unspecified atom stereocenters. The van der Waals surface area contributed by atoms with Crippen molar-refractivity contribution in [2.45, 2.75) is 0 Å². The van der Waals surface area contributed by atoms with Crippen LogP contribution in [0.2, 0.25) is 0 Å². The lowest BCUT2D eigenvalue weighted by atomic mass is 10.2. The summed E-state index contributed by atoms with van der Waals surface area (Å²) in [4.78, 5) is 12.1. The summed E-state index contributed by atoms with van der Waals surface area (Å²) >= 11 is 3.20. The lowest BCUT2D eigenvalue weighted by Crippen LogP contribution is -1.91. The Kier molecular flexibility index (Phi) is 2.91. The fourth-order valence-electron chi connectivity index (χ4n) is 1.16. The molecule has 2 aromatic rings. The van der Waals surface area contributed by atoms with Crippen molar-refractivity contribution in [2.75, 3.05) is 7.11 Å². The summed E-state index contributed by atoms with van der Waals surface area (Å²) in [6.07, 6.45) is 1.47. The second-order valence-electron chi connectivity index (χ2n) is 2.81. The van der Waals surface area contributed by atoms with Gasteiger partial charge in [0, 0.05) is 5.56 Å². The number of rotatable bonds is 2. The van der Waals surface area contributed by atoms with Crippen molar-refractivity contribution in [1.82, 2.24) is 15.0 Å². The average molecular weight is 266 g/mol. The Morgan fingerprint density at radius 2 is 1.87 bits per heavy atom. The Labute approximate surface area is 95.5 Å². The third kappa shape index (κ3) is 2.30. The largest absolute Gasteiger partial charge is 0.497 e. The van der Waals surface area contributed by atoms with Gasteiger partial charge in [-0.15, -0.1) is 0 Å². The maximum Gasteiger partial charge on any atom is 0.200 e. The van der Waals surface area contributed by atoms with E-state index in [1.54, 1.807) is 7.11 Å². The van der Waals surface area contributed by atoms with Gasteiger partial charge in [0.25, 0.3) is 0 Å². The van der Waals surface area contributed by atoms with Crippen molar-refractivity contribution < 1.29 is 4.74 Å². The zero-order chi connectivity index (χ0) is 10.7. The van der Waals surface area contributed by atoms with Gasteiger partial charge in [0.1, 0.15) is 12.1 Å². The molecule has 0 aliphatic carbocycles. The molecule has 0 N–H and O–H groups in total. The number of hydrogen-bond donors (Lipinski definition) is 0. The first-order valence-electron chi connectivity index (χ1n) is 4.28. The van der Waals surface area contributed by atoms with Crippen LogP contribution in [0.5, 0.6) is 5.75 Å². The molecule has 2 rings (SSSR count). The van der Waals surface area contributed by atoms with Gasteiger partial charge in [-0.1, -0.05) is 0 Å². The fraction of sp³-hybridized carbons (Fsp3) is 0.100. The van der Waals surface area contributed by atoms with Gasteiger partial charge >= 0.3 is 0 Å². The van der Waals surface area contributed by atoms with Crippen LogP contribution in [0.1, 0.15) is 0 Å². The molecular formula is C10H8BrN3O. The van der Waals surface area contributed by atoms with Crippen molar-refractivity contribution in [3.63, 3.8) is 0 Å². The Balaban J connectivity index is 2.37. The maximum absolute atomic E-state index is 5.07. The Morgan fingerprint density at radius 1 is 1.13 bits per heavy atom. The Morgan fingerprint density at radius 3 is 2.47 bits per heavy atom. The molecule has 0 saturated heterocycles. The molecule has 0 aliphatic rings. The molecule has 0 saturated carbocycles. The summed E-state index contributed by atoms with van der Waals surface area (Å²) in [6.45, 7) is 0. The highest BCUT2D eigenvalue weighted by molar-refractivity contribution is 9.10. The summed E-state index contributed by atoms with van der Waals surface area (Å²) in [5.41, 5.74) is 0.930. The third-order valence-corrected chi connectivity index (χ3v) is 2.27. The molecule has 5 heteroatoms. The van der Waals surface area contributed by atoms with Crippen LogP contribution in [-0.4, -0.2) is 22.1 Å². The molecule has 0 spiro atoms. The van der Waals surface area contributed by atoms with Gasteiger partial charge in [-0.3, -0.25) is 0 Å². The van der Waals surface area contributed by atoms with Crippen LogP contribution in [0.4, 0.5) is 0 Å². The van der Waals surface area contributed by atoms with Gasteiger partial charge in [-0.05, 0) is 40.2 Å². The van der Waals surface area contributed by atoms with Crippen LogP contribution in [-0.2, 0) is 0 Å². The number of halogens is 1. The van der Waals surface area contributed by atoms with E-state index in [-0.39, 0.29) is 0 Å². The van der Waals surface area contributed by atoms with Crippen molar-refractivity contribution in [1.29, 1.82) is 0 Å². The van der Waals surface area contributed by atoms with Gasteiger partial charge < -0.3 is 4.74 Å². The number of methoxy groups -OCH3 is 1. The van der Waals surface area contributed by atoms with E-state index in [0.29, 0.717) is 10.6 Å². The number of nitrogens with zero attached hydrogens (tertiary/aromatic N) is 3. The van der Waals surface area contributed by atoms with Gasteiger partial charge in [-0.2, -0.15) is 0 Å². The van der Waals surface area contributed by atoms with E-state index in [0.717, 1.165) is 11.3 Å². The minimum atomic E-state index is 0.531. The van der Waals surface area contributed by atoms with E-state index in [4.69, 9.17) is 4.74 Å². The molecule has 1 heterocycles. The molecule has 0 fully saturated rings. The van der Waals surface area contributed by atoms with E-state index >= 15 is 0 Å². The van der Waals surface area contributed by atoms with Gasteiger partial charge in [0.05, 0.1) is 7.11 Å². The number of aromatic nitrogens is 3. The molecule has 1 aromatic heterocycles. The van der Waals surface area contributed by atoms with Gasteiger partial charge in [0.15, 0.2) is 10.6 Å². The van der Waals surface area contributed by atoms with Crippen molar-refractivity contribution in [3.05, 3.63) is 35.3 Å². The normalized spacial score (nSPS) is 10.0. The first kappa shape index (κ1) is 10.0. The molecule has 0 radical (unpaired) electrons. The monoisotopic (exact) mass is 265 g/mol. The summed E-state index contributed by atoms with van der Waals surface area (Å²) in [5, 5.41) is 0. The second-order valence-corrected chi connectivity index (χ2v) is 3.52. The third-order valence-electron chi connectivity index (χ3n) is 1.89. The first-order chi connectivity index (χ1) is 7.29. The second kappa shape index (κ2) is 4.35. The van der Waals surface area contributed by atoms with Crippen LogP contribution in [0.15, 0.2) is 35.3 Å². The first-order valence-corrected chi connectivity index (χ1v) is 5.08. The summed E-state index contributed by atoms with van der Waals surface area (Å²) in [7, 11) is 1.63. The van der Waals surface area contributed by atoms with E-state index in [2.05, 4.69) is 30.9 Å². The number of benzene rings is 1. The standard InChI is InChI=1S/C10H8BrN3O/c1-15-8-4-2-7(3-5-8)9-12-6-13-10(11)14-9/h2-6H,1H3. The summed E-state index contributed by atoms with van der Waals surface area (Å²) < 4.78 is 5.60. The Bertz CT molecular complexity index is 458. The highest BCUT2D eigenvalue weighted by Crippen LogP contribution is 2.19. The molecule has 0 bridgehead atoms. The van der Waals surface area contributed by atoms with E-state index < -0.39 is 0 Å². The lowest BCUT2D eigenvalue weighted by molar-refractivity contribution is 0.415. The predicted octanol–water partition coefficient (Wildman–Crippen LogP) is 2.31. The zero-order valence-corrected chi connectivity index (χ0v) is 9.60. The van der Waals surface area contributed by atoms with Crippen LogP contribution in [0.3, 0.4) is 0 Å². The SMILES string of the molecule is COc1ccc(-c2ncnc(Br)n2)cc1. The summed E-state index contributed by atoms with van der Waals surface area (Å²) in [5.74, 6) is 1.45. The Hall–Kier alpha value is -1.49. The van der Waals surface area contributed by atoms with E-state index in [1.165, 1.54) is 6.33 Å². The minimum Gasteiger partial charge on any atom is -0.497 e. The zero-order valence-electron chi connectivity index (χ0n) is 8.01. The van der Waals surface area contributed by atoms with Gasteiger partial charge in [-0.25, -0.2) is 15.0 Å². The number of ether oxygens (including phenoxy) is 1. The molecular weight excluding hydrogens is 258 g/mol. The molecule has 76 valence electrons. The topological polar surface area (TPSA) is 47.9 Å². The van der Waals surface area contributed by atoms with E-state index in [9.17, 15) is 0 Å². The van der Waals surface area contributed by atoms with E-state index in [1.807, 2.05) is 24.3 Å². The van der Waals surface area contributed by atoms with Crippen molar-refractivity contribution >= 4 is 15.9 Å². The molecule has 4 nitrogen and oxygen atoms in total. The predicted molar refractivity (Wildman–Crippen MR) is 59.5 cm³/mol. The summed E-state index contributed by atoms with van der Waals surface area (Å²) in [6, 6.07) is 7.54. The number of hydrogen-bond acceptors (Lipinski definition) is 4. The fourth-order valence-corrected chi connectivity index (χ4v) is 1.42. The molecule has 1 aromatic carbocycles. The van der Waals surface area contributed by atoms with Crippen LogP contribution in [0.25, 0.3) is 11.4 Å². The maximum atomic E-state index is 5.07. The molecule has 0 amide bonds. The average Bonchev–Trinajstić information content (AvgIpc) is 2.29. The van der Waals surface area contributed by atoms with Crippen LogP contribution < -0.4 is 4.74 Å². The smallest absolute Gasteiger partial charge is 0.200 e. The molecule has 0 aliphatic heterocycles. The van der Waals surface area contributed by atoms with Crippen LogP contribution in [0, 0.1) is 0 Å². The highest BCUT2D eigenvalue weighted by atomic mass is 79.9. The van der Waals surface area contributed by atoms with Gasteiger partial charge in [0.2, 0.25) is 0 Å². The minimum absolute atomic E-state index is 0.531. The lowest BCUT2D eigenvalue weighted by Gasteiger charge is -2.01. The van der Waals surface area contributed by atoms with Crippen molar-refractivity contribution in [2.24, 2.45) is 0 Å². The molecule has 0 atom stereocenters. The quantitative estimate of drug-likeness (QED) is 0.836. The molecule has 15 heavy (non-hydrogen) atoms. The highest BCUT2D eigenvalue weighted by Gasteiger charge is 2.01.